The Labute approximate surface area is 264 Å². The summed E-state index contributed by atoms with van der Waals surface area (Å²) in [6.45, 7) is 6.72. The van der Waals surface area contributed by atoms with Gasteiger partial charge in [-0.1, -0.05) is 60.2 Å². The predicted molar refractivity (Wildman–Crippen MR) is 192 cm³/mol. The van der Waals surface area contributed by atoms with Gasteiger partial charge in [-0.25, -0.2) is 0 Å². The van der Waals surface area contributed by atoms with Gasteiger partial charge in [0.05, 0.1) is 22.2 Å². The Morgan fingerprint density at radius 1 is 0.689 bits per heavy atom. The quantitative estimate of drug-likeness (QED) is 0.175. The number of fused-ring (bicyclic) bond motifs is 12. The summed E-state index contributed by atoms with van der Waals surface area (Å²) in [6, 6.07) is 34.5. The Bertz CT molecular complexity index is 2790. The maximum atomic E-state index is 5.19. The number of aromatic nitrogens is 3. The maximum absolute atomic E-state index is 5.19. The lowest BCUT2D eigenvalue weighted by Crippen LogP contribution is -2.55. The molecule has 45 heavy (non-hydrogen) atoms. The number of nitrogens with zero attached hydrogens (tertiary/aromatic N) is 3. The minimum atomic E-state index is 0.0485. The van der Waals surface area contributed by atoms with E-state index in [1.54, 1.807) is 0 Å². The third kappa shape index (κ3) is 2.82. The summed E-state index contributed by atoms with van der Waals surface area (Å²) >= 11 is 1.84. The normalized spacial score (nSPS) is 13.2. The number of pyridine rings is 1. The fraction of sp³-hybridized carbons (Fsp3) is 0.0750. The van der Waals surface area contributed by atoms with E-state index in [2.05, 4.69) is 126 Å². The fourth-order valence-electron chi connectivity index (χ4n) is 8.99. The summed E-state index contributed by atoms with van der Waals surface area (Å²) in [5, 5.41) is 8.71. The van der Waals surface area contributed by atoms with Crippen LogP contribution in [-0.2, 0) is 0 Å². The van der Waals surface area contributed by atoms with E-state index in [0.29, 0.717) is 0 Å². The molecule has 0 N–H and O–H groups in total. The molecule has 0 atom stereocenters. The van der Waals surface area contributed by atoms with Crippen LogP contribution in [0.4, 0.5) is 0 Å². The topological polar surface area (TPSA) is 22.8 Å². The van der Waals surface area contributed by atoms with Crippen molar-refractivity contribution in [3.8, 4) is 28.1 Å². The molecular formula is C40H26BN3S. The second kappa shape index (κ2) is 8.12. The predicted octanol–water partition coefficient (Wildman–Crippen LogP) is 9.04. The Hall–Kier alpha value is -5.13. The molecule has 5 aromatic carbocycles. The molecule has 0 unspecified atom stereocenters. The Morgan fingerprint density at radius 2 is 1.51 bits per heavy atom. The minimum absolute atomic E-state index is 0.0485. The number of hydrogen-bond donors (Lipinski definition) is 0. The third-order valence-corrected chi connectivity index (χ3v) is 11.4. The molecule has 210 valence electrons. The summed E-state index contributed by atoms with van der Waals surface area (Å²) < 4.78 is 6.48. The van der Waals surface area contributed by atoms with Gasteiger partial charge in [0.2, 0.25) is 0 Å². The van der Waals surface area contributed by atoms with E-state index in [-0.39, 0.29) is 6.85 Å². The first kappa shape index (κ1) is 24.2. The van der Waals surface area contributed by atoms with Gasteiger partial charge in [0.25, 0.3) is 0 Å². The molecule has 0 saturated heterocycles. The Balaban J connectivity index is 1.34. The molecule has 0 fully saturated rings. The van der Waals surface area contributed by atoms with Crippen molar-refractivity contribution in [1.82, 2.24) is 14.0 Å². The van der Waals surface area contributed by atoms with Gasteiger partial charge >= 0.3 is 6.85 Å². The second-order valence-corrected chi connectivity index (χ2v) is 13.9. The van der Waals surface area contributed by atoms with Gasteiger partial charge in [-0.15, -0.1) is 11.3 Å². The van der Waals surface area contributed by atoms with Crippen molar-refractivity contribution < 1.29 is 0 Å². The summed E-state index contributed by atoms with van der Waals surface area (Å²) in [5.41, 5.74) is 18.1. The van der Waals surface area contributed by atoms with Gasteiger partial charge in [0.15, 0.2) is 0 Å². The van der Waals surface area contributed by atoms with Crippen LogP contribution in [0.15, 0.2) is 103 Å². The van der Waals surface area contributed by atoms with Gasteiger partial charge < -0.3 is 9.05 Å². The number of para-hydroxylation sites is 2. The molecule has 2 aliphatic heterocycles. The fourth-order valence-corrected chi connectivity index (χ4v) is 9.93. The smallest absolute Gasteiger partial charge is 0.333 e. The Morgan fingerprint density at radius 3 is 2.40 bits per heavy atom. The largest absolute Gasteiger partial charge is 0.374 e. The molecule has 0 bridgehead atoms. The summed E-state index contributed by atoms with van der Waals surface area (Å²) in [4.78, 5) is 5.19. The maximum Gasteiger partial charge on any atom is 0.333 e. The van der Waals surface area contributed by atoms with Gasteiger partial charge in [-0.05, 0) is 101 Å². The van der Waals surface area contributed by atoms with E-state index < -0.39 is 0 Å². The summed E-state index contributed by atoms with van der Waals surface area (Å²) in [6.07, 6.45) is 2.02. The van der Waals surface area contributed by atoms with Crippen LogP contribution in [0, 0.1) is 20.8 Å². The van der Waals surface area contributed by atoms with Crippen molar-refractivity contribution in [2.24, 2.45) is 0 Å². The van der Waals surface area contributed by atoms with E-state index in [9.17, 15) is 0 Å². The van der Waals surface area contributed by atoms with Crippen LogP contribution >= 0.6 is 11.3 Å². The lowest BCUT2D eigenvalue weighted by molar-refractivity contribution is 1.17. The molecule has 0 saturated carbocycles. The lowest BCUT2D eigenvalue weighted by Gasteiger charge is -2.33. The monoisotopic (exact) mass is 591 g/mol. The molecular weight excluding hydrogens is 565 g/mol. The number of rotatable bonds is 1. The highest BCUT2D eigenvalue weighted by Crippen LogP contribution is 2.46. The average molecular weight is 592 g/mol. The van der Waals surface area contributed by atoms with E-state index in [1.165, 1.54) is 104 Å². The van der Waals surface area contributed by atoms with Crippen molar-refractivity contribution in [2.75, 3.05) is 0 Å². The van der Waals surface area contributed by atoms with Crippen molar-refractivity contribution in [2.45, 2.75) is 20.8 Å². The van der Waals surface area contributed by atoms with E-state index >= 15 is 0 Å². The number of thiophene rings is 1. The second-order valence-electron chi connectivity index (χ2n) is 13.0. The van der Waals surface area contributed by atoms with E-state index in [1.807, 2.05) is 17.5 Å². The highest BCUT2D eigenvalue weighted by atomic mass is 32.1. The van der Waals surface area contributed by atoms with Crippen molar-refractivity contribution in [1.29, 1.82) is 0 Å². The molecule has 9 aromatic rings. The van der Waals surface area contributed by atoms with Crippen LogP contribution in [0.25, 0.3) is 81.8 Å². The van der Waals surface area contributed by atoms with E-state index in [4.69, 9.17) is 4.98 Å². The van der Waals surface area contributed by atoms with Crippen molar-refractivity contribution in [3.63, 3.8) is 0 Å². The van der Waals surface area contributed by atoms with Gasteiger partial charge in [0.1, 0.15) is 0 Å². The first-order valence-corrected chi connectivity index (χ1v) is 16.5. The van der Waals surface area contributed by atoms with Crippen LogP contribution in [0.3, 0.4) is 0 Å². The van der Waals surface area contributed by atoms with Crippen molar-refractivity contribution in [3.05, 3.63) is 119 Å². The minimum Gasteiger partial charge on any atom is -0.374 e. The van der Waals surface area contributed by atoms with Crippen LogP contribution < -0.4 is 10.9 Å². The highest BCUT2D eigenvalue weighted by Gasteiger charge is 2.42. The SMILES string of the molecule is Cc1cc(C)c(-c2ccc3c(c2)c2ccnc4c2n3B2c3c(cc5ccsc5c3-4)-n3c4ccccc4c4cccc2c43)c(C)c1. The standard InChI is InChI=1S/C40H26BN3S/c1-21-17-22(2)34(23(3)18-21)24-11-12-32-29(19-24)28-13-15-42-37-35-36-33(20-25-14-16-45-40(25)35)43-31-10-5-4-7-26(31)27-8-6-9-30(38(27)43)41(36)44(32)39(28)37/h4-20H,1-3H3. The number of benzene rings is 5. The van der Waals surface area contributed by atoms with Crippen LogP contribution in [0.2, 0.25) is 0 Å². The molecule has 4 aromatic heterocycles. The highest BCUT2D eigenvalue weighted by molar-refractivity contribution is 7.18. The molecule has 6 heterocycles. The molecule has 0 radical (unpaired) electrons. The molecule has 2 aliphatic rings. The van der Waals surface area contributed by atoms with Gasteiger partial charge in [0, 0.05) is 49.2 Å². The molecule has 5 heteroatoms. The van der Waals surface area contributed by atoms with Crippen LogP contribution in [-0.4, -0.2) is 20.9 Å². The summed E-state index contributed by atoms with van der Waals surface area (Å²) in [7, 11) is 0. The van der Waals surface area contributed by atoms with E-state index in [0.717, 1.165) is 5.69 Å². The molecule has 0 aliphatic carbocycles. The molecule has 0 spiro atoms. The van der Waals surface area contributed by atoms with Gasteiger partial charge in [-0.3, -0.25) is 4.98 Å². The number of aryl methyl sites for hydroxylation is 3. The van der Waals surface area contributed by atoms with Crippen molar-refractivity contribution >= 4 is 82.8 Å². The zero-order valence-corrected chi connectivity index (χ0v) is 26.0. The third-order valence-electron chi connectivity index (χ3n) is 10.5. The lowest BCUT2D eigenvalue weighted by atomic mass is 9.46. The molecule has 11 rings (SSSR count). The zero-order chi connectivity index (χ0) is 29.7. The first-order valence-electron chi connectivity index (χ1n) is 15.7. The molecule has 3 nitrogen and oxygen atoms in total. The van der Waals surface area contributed by atoms with Crippen LogP contribution in [0.5, 0.6) is 0 Å². The van der Waals surface area contributed by atoms with Crippen LogP contribution in [0.1, 0.15) is 16.7 Å². The first-order chi connectivity index (χ1) is 22.1. The number of hydrogen-bond acceptors (Lipinski definition) is 2. The zero-order valence-electron chi connectivity index (χ0n) is 25.1. The van der Waals surface area contributed by atoms with Gasteiger partial charge in [-0.2, -0.15) is 0 Å². The average Bonchev–Trinajstić information content (AvgIpc) is 3.74. The summed E-state index contributed by atoms with van der Waals surface area (Å²) in [5.74, 6) is 0. The Kier molecular flexibility index (Phi) is 4.37. The molecule has 0 amide bonds.